The molecule has 0 heterocycles. The summed E-state index contributed by atoms with van der Waals surface area (Å²) in [6.45, 7) is -0.00717. The minimum absolute atomic E-state index is 0.00717. The highest BCUT2D eigenvalue weighted by Gasteiger charge is 2.08. The van der Waals surface area contributed by atoms with Crippen LogP contribution in [-0.2, 0) is 0 Å². The van der Waals surface area contributed by atoms with Gasteiger partial charge in [0.1, 0.15) is 5.75 Å². The molecule has 1 aromatic rings. The molecule has 0 atom stereocenters. The van der Waals surface area contributed by atoms with E-state index in [1.54, 1.807) is 6.07 Å². The molecule has 0 radical (unpaired) electrons. The Bertz CT molecular complexity index is 537. The van der Waals surface area contributed by atoms with Crippen LogP contribution in [0.2, 0.25) is 0 Å². The Labute approximate surface area is 97.5 Å². The minimum atomic E-state index is -1.07. The Morgan fingerprint density at radius 1 is 1.65 bits per heavy atom. The summed E-state index contributed by atoms with van der Waals surface area (Å²) in [4.78, 5) is 13.5. The van der Waals surface area contributed by atoms with Crippen molar-refractivity contribution in [1.82, 2.24) is 0 Å². The van der Waals surface area contributed by atoms with Gasteiger partial charge in [-0.15, -0.1) is 0 Å². The van der Waals surface area contributed by atoms with Crippen molar-refractivity contribution in [2.24, 2.45) is 5.11 Å². The lowest BCUT2D eigenvalue weighted by Crippen LogP contribution is -2.00. The van der Waals surface area contributed by atoms with Crippen LogP contribution in [0.25, 0.3) is 10.4 Å². The van der Waals surface area contributed by atoms with Crippen molar-refractivity contribution in [3.63, 3.8) is 0 Å². The van der Waals surface area contributed by atoms with E-state index in [0.717, 1.165) is 0 Å². The number of carboxylic acids is 1. The van der Waals surface area contributed by atoms with Crippen LogP contribution >= 0.6 is 0 Å². The van der Waals surface area contributed by atoms with E-state index in [2.05, 4.69) is 21.9 Å². The normalized spacial score (nSPS) is 8.53. The van der Waals surface area contributed by atoms with Crippen molar-refractivity contribution in [3.8, 4) is 17.6 Å². The van der Waals surface area contributed by atoms with Crippen LogP contribution in [0.3, 0.4) is 0 Å². The average Bonchev–Trinajstić information content (AvgIpc) is 2.34. The number of hydrogen-bond acceptors (Lipinski definition) is 3. The van der Waals surface area contributed by atoms with Gasteiger partial charge in [0.05, 0.1) is 19.2 Å². The SMILES string of the molecule is COc1ccc(C(=O)O)c(C#CCN=[N+]=[N-])c1. The number of aromatic carboxylic acids is 1. The standard InChI is InChI=1S/C11H9N3O3/c1-17-9-4-5-10(11(15)16)8(7-9)3-2-6-13-14-12/h4-5,7H,6H2,1H3,(H,15,16). The Hall–Kier alpha value is -2.64. The molecule has 0 fully saturated rings. The van der Waals surface area contributed by atoms with Gasteiger partial charge >= 0.3 is 5.97 Å². The van der Waals surface area contributed by atoms with Gasteiger partial charge in [0.25, 0.3) is 0 Å². The third-order valence-electron chi connectivity index (χ3n) is 1.89. The molecule has 0 aliphatic heterocycles. The zero-order valence-corrected chi connectivity index (χ0v) is 9.04. The molecule has 6 heteroatoms. The summed E-state index contributed by atoms with van der Waals surface area (Å²) in [7, 11) is 1.48. The average molecular weight is 231 g/mol. The number of carboxylic acid groups (broad SMARTS) is 1. The van der Waals surface area contributed by atoms with Gasteiger partial charge in [-0.2, -0.15) is 0 Å². The lowest BCUT2D eigenvalue weighted by molar-refractivity contribution is 0.0696. The molecule has 86 valence electrons. The maximum absolute atomic E-state index is 10.9. The first-order valence-corrected chi connectivity index (χ1v) is 4.60. The van der Waals surface area contributed by atoms with Gasteiger partial charge in [-0.25, -0.2) is 4.79 Å². The summed E-state index contributed by atoms with van der Waals surface area (Å²) >= 11 is 0. The third-order valence-corrected chi connectivity index (χ3v) is 1.89. The number of nitrogens with zero attached hydrogens (tertiary/aromatic N) is 3. The molecule has 17 heavy (non-hydrogen) atoms. The molecule has 1 rings (SSSR count). The number of carbonyl (C=O) groups is 1. The number of ether oxygens (including phenoxy) is 1. The highest BCUT2D eigenvalue weighted by Crippen LogP contribution is 2.16. The van der Waals surface area contributed by atoms with Crippen molar-refractivity contribution in [3.05, 3.63) is 39.8 Å². The Balaban J connectivity index is 3.11. The van der Waals surface area contributed by atoms with Crippen LogP contribution in [0.15, 0.2) is 23.3 Å². The third kappa shape index (κ3) is 3.45. The maximum Gasteiger partial charge on any atom is 0.336 e. The highest BCUT2D eigenvalue weighted by molar-refractivity contribution is 5.91. The van der Waals surface area contributed by atoms with Crippen LogP contribution in [-0.4, -0.2) is 24.7 Å². The molecule has 0 unspecified atom stereocenters. The first-order valence-electron chi connectivity index (χ1n) is 4.60. The zero-order chi connectivity index (χ0) is 12.7. The Morgan fingerprint density at radius 3 is 3.00 bits per heavy atom. The van der Waals surface area contributed by atoms with Crippen LogP contribution < -0.4 is 4.74 Å². The summed E-state index contributed by atoms with van der Waals surface area (Å²) in [5.41, 5.74) is 8.47. The molecule has 0 bridgehead atoms. The molecule has 0 aromatic heterocycles. The first-order chi connectivity index (χ1) is 8.19. The van der Waals surface area contributed by atoms with Crippen LogP contribution in [0.4, 0.5) is 0 Å². The van der Waals surface area contributed by atoms with Gasteiger partial charge in [0, 0.05) is 10.5 Å². The fraction of sp³-hybridized carbons (Fsp3) is 0.182. The Kier molecular flexibility index (Phi) is 4.43. The van der Waals surface area contributed by atoms with Crippen molar-refractivity contribution in [2.45, 2.75) is 0 Å². The predicted molar refractivity (Wildman–Crippen MR) is 60.8 cm³/mol. The van der Waals surface area contributed by atoms with E-state index in [0.29, 0.717) is 11.3 Å². The fourth-order valence-electron chi connectivity index (χ4n) is 1.14. The molecule has 6 nitrogen and oxygen atoms in total. The number of benzene rings is 1. The van der Waals surface area contributed by atoms with Crippen LogP contribution in [0, 0.1) is 11.8 Å². The van der Waals surface area contributed by atoms with E-state index in [1.165, 1.54) is 19.2 Å². The fourth-order valence-corrected chi connectivity index (χ4v) is 1.14. The summed E-state index contributed by atoms with van der Waals surface area (Å²) in [6, 6.07) is 4.48. The van der Waals surface area contributed by atoms with Gasteiger partial charge < -0.3 is 9.84 Å². The zero-order valence-electron chi connectivity index (χ0n) is 9.04. The van der Waals surface area contributed by atoms with Gasteiger partial charge in [-0.3, -0.25) is 0 Å². The van der Waals surface area contributed by atoms with Crippen LogP contribution in [0.1, 0.15) is 15.9 Å². The lowest BCUT2D eigenvalue weighted by Gasteiger charge is -2.03. The van der Waals surface area contributed by atoms with Crippen LogP contribution in [0.5, 0.6) is 5.75 Å². The second kappa shape index (κ2) is 6.05. The molecule has 0 saturated carbocycles. The van der Waals surface area contributed by atoms with E-state index >= 15 is 0 Å². The van der Waals surface area contributed by atoms with E-state index in [1.807, 2.05) is 0 Å². The highest BCUT2D eigenvalue weighted by atomic mass is 16.5. The minimum Gasteiger partial charge on any atom is -0.497 e. The predicted octanol–water partition coefficient (Wildman–Crippen LogP) is 2.06. The molecule has 1 aromatic carbocycles. The maximum atomic E-state index is 10.9. The summed E-state index contributed by atoms with van der Waals surface area (Å²) in [5, 5.41) is 12.2. The molecule has 0 aliphatic carbocycles. The molecular formula is C11H9N3O3. The Morgan fingerprint density at radius 2 is 2.41 bits per heavy atom. The van der Waals surface area contributed by atoms with Gasteiger partial charge in [0.2, 0.25) is 0 Å². The summed E-state index contributed by atoms with van der Waals surface area (Å²) in [5.74, 6) is 4.64. The largest absolute Gasteiger partial charge is 0.497 e. The topological polar surface area (TPSA) is 95.3 Å². The molecule has 0 spiro atoms. The van der Waals surface area contributed by atoms with E-state index in [9.17, 15) is 4.79 Å². The molecular weight excluding hydrogens is 222 g/mol. The van der Waals surface area contributed by atoms with E-state index < -0.39 is 5.97 Å². The number of methoxy groups -OCH3 is 1. The van der Waals surface area contributed by atoms with E-state index in [4.69, 9.17) is 15.4 Å². The van der Waals surface area contributed by atoms with Crippen molar-refractivity contribution < 1.29 is 14.6 Å². The lowest BCUT2D eigenvalue weighted by atomic mass is 10.1. The monoisotopic (exact) mass is 231 g/mol. The second-order valence-electron chi connectivity index (χ2n) is 2.91. The van der Waals surface area contributed by atoms with Gasteiger partial charge in [-0.05, 0) is 23.7 Å². The summed E-state index contributed by atoms with van der Waals surface area (Å²) < 4.78 is 4.97. The smallest absolute Gasteiger partial charge is 0.336 e. The molecule has 1 N–H and O–H groups in total. The number of rotatable bonds is 3. The summed E-state index contributed by atoms with van der Waals surface area (Å²) in [6.07, 6.45) is 0. The van der Waals surface area contributed by atoms with Crippen molar-refractivity contribution in [2.75, 3.05) is 13.7 Å². The molecule has 0 amide bonds. The quantitative estimate of drug-likeness (QED) is 0.373. The first kappa shape index (κ1) is 12.4. The van der Waals surface area contributed by atoms with Gasteiger partial charge in [-0.1, -0.05) is 17.0 Å². The van der Waals surface area contributed by atoms with Crippen molar-refractivity contribution in [1.29, 1.82) is 0 Å². The molecule has 0 aliphatic rings. The molecule has 0 saturated heterocycles. The second-order valence-corrected chi connectivity index (χ2v) is 2.91. The number of hydrogen-bond donors (Lipinski definition) is 1. The van der Waals surface area contributed by atoms with Crippen molar-refractivity contribution >= 4 is 5.97 Å². The van der Waals surface area contributed by atoms with Gasteiger partial charge in [0.15, 0.2) is 0 Å². The van der Waals surface area contributed by atoms with E-state index in [-0.39, 0.29) is 12.1 Å². The number of azide groups is 1.